The average molecular weight is 264 g/mol. The minimum Gasteiger partial charge on any atom is -0.316 e. The molecule has 0 amide bonds. The Kier molecular flexibility index (Phi) is 3.73. The summed E-state index contributed by atoms with van der Waals surface area (Å²) >= 11 is 1.94. The molecule has 2 aliphatic heterocycles. The van der Waals surface area contributed by atoms with Crippen molar-refractivity contribution in [3.8, 4) is 0 Å². The monoisotopic (exact) mass is 264 g/mol. The molecule has 1 aromatic heterocycles. The summed E-state index contributed by atoms with van der Waals surface area (Å²) in [5, 5.41) is 5.83. The molecule has 18 heavy (non-hydrogen) atoms. The Hall–Kier alpha value is -0.380. The van der Waals surface area contributed by atoms with Crippen LogP contribution in [0.2, 0.25) is 0 Å². The van der Waals surface area contributed by atoms with Gasteiger partial charge in [0.1, 0.15) is 0 Å². The Morgan fingerprint density at radius 1 is 1.50 bits per heavy atom. The topological polar surface area (TPSA) is 15.3 Å². The van der Waals surface area contributed by atoms with Crippen molar-refractivity contribution in [2.45, 2.75) is 39.2 Å². The van der Waals surface area contributed by atoms with E-state index < -0.39 is 0 Å². The summed E-state index contributed by atoms with van der Waals surface area (Å²) in [6.45, 7) is 8.52. The number of rotatable bonds is 4. The van der Waals surface area contributed by atoms with Gasteiger partial charge in [-0.25, -0.2) is 0 Å². The zero-order valence-corrected chi connectivity index (χ0v) is 12.2. The van der Waals surface area contributed by atoms with Crippen LogP contribution >= 0.6 is 11.3 Å². The number of fused-ring (bicyclic) bond motifs is 1. The minimum atomic E-state index is 0.558. The van der Waals surface area contributed by atoms with E-state index in [1.165, 1.54) is 58.4 Å². The number of nitrogens with one attached hydrogen (secondary N) is 1. The molecule has 2 nitrogen and oxygen atoms in total. The van der Waals surface area contributed by atoms with Crippen LogP contribution in [0.5, 0.6) is 0 Å². The fraction of sp³-hybridized carbons (Fsp3) is 0.733. The van der Waals surface area contributed by atoms with Crippen molar-refractivity contribution in [1.29, 1.82) is 0 Å². The molecule has 1 saturated heterocycles. The third-order valence-corrected chi connectivity index (χ3v) is 5.58. The van der Waals surface area contributed by atoms with Crippen molar-refractivity contribution in [1.82, 2.24) is 10.2 Å². The van der Waals surface area contributed by atoms with E-state index in [1.54, 1.807) is 10.4 Å². The molecule has 0 bridgehead atoms. The molecular formula is C15H24N2S. The van der Waals surface area contributed by atoms with Crippen molar-refractivity contribution in [3.05, 3.63) is 21.9 Å². The molecule has 0 radical (unpaired) electrons. The van der Waals surface area contributed by atoms with Crippen LogP contribution in [0, 0.1) is 5.41 Å². The van der Waals surface area contributed by atoms with E-state index in [4.69, 9.17) is 0 Å². The lowest BCUT2D eigenvalue weighted by Crippen LogP contribution is -2.41. The molecule has 3 rings (SSSR count). The lowest BCUT2D eigenvalue weighted by Gasteiger charge is -2.36. The average Bonchev–Trinajstić information content (AvgIpc) is 2.98. The first-order valence-corrected chi connectivity index (χ1v) is 8.18. The van der Waals surface area contributed by atoms with Gasteiger partial charge in [-0.05, 0) is 48.2 Å². The maximum atomic E-state index is 3.58. The molecule has 0 spiro atoms. The first-order chi connectivity index (χ1) is 8.81. The normalized spacial score (nSPS) is 28.5. The van der Waals surface area contributed by atoms with Gasteiger partial charge in [0, 0.05) is 31.1 Å². The van der Waals surface area contributed by atoms with Crippen LogP contribution in [-0.4, -0.2) is 31.1 Å². The van der Waals surface area contributed by atoms with Crippen LogP contribution in [0.3, 0.4) is 0 Å². The van der Waals surface area contributed by atoms with Gasteiger partial charge in [-0.15, -0.1) is 11.3 Å². The zero-order chi connectivity index (χ0) is 12.4. The maximum absolute atomic E-state index is 3.58. The van der Waals surface area contributed by atoms with Gasteiger partial charge >= 0.3 is 0 Å². The fourth-order valence-corrected chi connectivity index (χ4v) is 4.56. The second-order valence-electron chi connectivity index (χ2n) is 6.01. The number of thiophene rings is 1. The molecule has 1 N–H and O–H groups in total. The molecule has 0 aliphatic carbocycles. The third kappa shape index (κ3) is 2.49. The standard InChI is InChI=1S/C15H24N2S/c1-2-5-15(6-7-16-11-15)12-17-8-3-14-13(10-17)4-9-18-14/h4,9,16H,2-3,5-8,10-12H2,1H3. The Labute approximate surface area is 114 Å². The van der Waals surface area contributed by atoms with Gasteiger partial charge in [0.05, 0.1) is 0 Å². The summed E-state index contributed by atoms with van der Waals surface area (Å²) in [6.07, 6.45) is 5.34. The van der Waals surface area contributed by atoms with Gasteiger partial charge in [0.25, 0.3) is 0 Å². The van der Waals surface area contributed by atoms with Gasteiger partial charge < -0.3 is 5.32 Å². The first-order valence-electron chi connectivity index (χ1n) is 7.30. The van der Waals surface area contributed by atoms with Gasteiger partial charge in [-0.2, -0.15) is 0 Å². The van der Waals surface area contributed by atoms with E-state index in [0.717, 1.165) is 0 Å². The number of hydrogen-bond acceptors (Lipinski definition) is 3. The molecule has 100 valence electrons. The van der Waals surface area contributed by atoms with Gasteiger partial charge in [0.15, 0.2) is 0 Å². The highest BCUT2D eigenvalue weighted by atomic mass is 32.1. The highest BCUT2D eigenvalue weighted by molar-refractivity contribution is 7.10. The van der Waals surface area contributed by atoms with Crippen molar-refractivity contribution in [2.24, 2.45) is 5.41 Å². The Morgan fingerprint density at radius 3 is 3.22 bits per heavy atom. The van der Waals surface area contributed by atoms with Gasteiger partial charge in [-0.3, -0.25) is 4.90 Å². The van der Waals surface area contributed by atoms with Crippen LogP contribution < -0.4 is 5.32 Å². The van der Waals surface area contributed by atoms with Crippen LogP contribution in [0.25, 0.3) is 0 Å². The zero-order valence-electron chi connectivity index (χ0n) is 11.4. The van der Waals surface area contributed by atoms with Crippen LogP contribution in [0.15, 0.2) is 11.4 Å². The minimum absolute atomic E-state index is 0.558. The predicted molar refractivity (Wildman–Crippen MR) is 78.1 cm³/mol. The molecular weight excluding hydrogens is 240 g/mol. The summed E-state index contributed by atoms with van der Waals surface area (Å²) in [6, 6.07) is 2.32. The molecule has 0 aromatic carbocycles. The van der Waals surface area contributed by atoms with E-state index in [9.17, 15) is 0 Å². The first kappa shape index (κ1) is 12.6. The lowest BCUT2D eigenvalue weighted by atomic mass is 9.81. The van der Waals surface area contributed by atoms with Crippen molar-refractivity contribution >= 4 is 11.3 Å². The maximum Gasteiger partial charge on any atom is 0.0245 e. The van der Waals surface area contributed by atoms with Crippen molar-refractivity contribution in [2.75, 3.05) is 26.2 Å². The Morgan fingerprint density at radius 2 is 2.44 bits per heavy atom. The predicted octanol–water partition coefficient (Wildman–Crippen LogP) is 2.89. The third-order valence-electron chi connectivity index (χ3n) is 4.56. The molecule has 1 fully saturated rings. The van der Waals surface area contributed by atoms with Crippen molar-refractivity contribution in [3.63, 3.8) is 0 Å². The number of nitrogens with zero attached hydrogens (tertiary/aromatic N) is 1. The summed E-state index contributed by atoms with van der Waals surface area (Å²) < 4.78 is 0. The molecule has 1 unspecified atom stereocenters. The van der Waals surface area contributed by atoms with Crippen LogP contribution in [0.1, 0.15) is 36.6 Å². The summed E-state index contributed by atoms with van der Waals surface area (Å²) in [7, 11) is 0. The molecule has 1 aromatic rings. The van der Waals surface area contributed by atoms with E-state index in [2.05, 4.69) is 28.6 Å². The quantitative estimate of drug-likeness (QED) is 0.899. The van der Waals surface area contributed by atoms with Gasteiger partial charge in [-0.1, -0.05) is 13.3 Å². The fourth-order valence-electron chi connectivity index (χ4n) is 3.67. The summed E-state index contributed by atoms with van der Waals surface area (Å²) in [4.78, 5) is 4.32. The van der Waals surface area contributed by atoms with E-state index in [-0.39, 0.29) is 0 Å². The molecule has 3 heterocycles. The Bertz CT molecular complexity index is 393. The van der Waals surface area contributed by atoms with Crippen LogP contribution in [-0.2, 0) is 13.0 Å². The molecule has 0 saturated carbocycles. The molecule has 3 heteroatoms. The second-order valence-corrected chi connectivity index (χ2v) is 7.01. The smallest absolute Gasteiger partial charge is 0.0245 e. The Balaban J connectivity index is 1.66. The van der Waals surface area contributed by atoms with Gasteiger partial charge in [0.2, 0.25) is 0 Å². The highest BCUT2D eigenvalue weighted by Gasteiger charge is 2.35. The lowest BCUT2D eigenvalue weighted by molar-refractivity contribution is 0.142. The summed E-state index contributed by atoms with van der Waals surface area (Å²) in [5.41, 5.74) is 2.14. The van der Waals surface area contributed by atoms with E-state index in [0.29, 0.717) is 5.41 Å². The second kappa shape index (κ2) is 5.32. The van der Waals surface area contributed by atoms with E-state index in [1.807, 2.05) is 11.3 Å². The van der Waals surface area contributed by atoms with Crippen LogP contribution in [0.4, 0.5) is 0 Å². The number of hydrogen-bond donors (Lipinski definition) is 1. The summed E-state index contributed by atoms with van der Waals surface area (Å²) in [5.74, 6) is 0. The van der Waals surface area contributed by atoms with Crippen molar-refractivity contribution < 1.29 is 0 Å². The molecule has 1 atom stereocenters. The van der Waals surface area contributed by atoms with E-state index >= 15 is 0 Å². The molecule has 2 aliphatic rings. The SMILES string of the molecule is CCCC1(CN2CCc3sccc3C2)CCNC1. The largest absolute Gasteiger partial charge is 0.316 e. The highest BCUT2D eigenvalue weighted by Crippen LogP contribution is 2.34.